The SMILES string of the molecule is CCc1ccc(NC(=O)CN2CCN(c3ccc(F)cc3)CC2)cc1N. The molecule has 5 nitrogen and oxygen atoms in total. The molecule has 3 rings (SSSR count). The minimum atomic E-state index is -0.225. The number of halogens is 1. The molecule has 3 N–H and O–H groups in total. The van der Waals surface area contributed by atoms with E-state index in [4.69, 9.17) is 5.73 Å². The summed E-state index contributed by atoms with van der Waals surface area (Å²) in [6.45, 7) is 5.62. The first-order chi connectivity index (χ1) is 12.5. The number of carbonyl (C=O) groups is 1. The van der Waals surface area contributed by atoms with Crippen LogP contribution in [0.3, 0.4) is 0 Å². The maximum Gasteiger partial charge on any atom is 0.238 e. The Morgan fingerprint density at radius 2 is 1.81 bits per heavy atom. The first kappa shape index (κ1) is 18.2. The van der Waals surface area contributed by atoms with Crippen LogP contribution in [-0.2, 0) is 11.2 Å². The monoisotopic (exact) mass is 356 g/mol. The van der Waals surface area contributed by atoms with E-state index >= 15 is 0 Å². The third kappa shape index (κ3) is 4.52. The number of carbonyl (C=O) groups excluding carboxylic acids is 1. The van der Waals surface area contributed by atoms with Crippen LogP contribution in [0.15, 0.2) is 42.5 Å². The van der Waals surface area contributed by atoms with Crippen molar-refractivity contribution in [3.8, 4) is 0 Å². The molecule has 0 spiro atoms. The van der Waals surface area contributed by atoms with Crippen molar-refractivity contribution in [1.29, 1.82) is 0 Å². The second kappa shape index (κ2) is 8.19. The Labute approximate surface area is 153 Å². The van der Waals surface area contributed by atoms with Gasteiger partial charge in [-0.3, -0.25) is 9.69 Å². The van der Waals surface area contributed by atoms with Crippen molar-refractivity contribution in [3.63, 3.8) is 0 Å². The molecule has 1 aliphatic rings. The molecule has 0 atom stereocenters. The Kier molecular flexibility index (Phi) is 5.73. The predicted octanol–water partition coefficient (Wildman–Crippen LogP) is 2.73. The molecule has 1 amide bonds. The lowest BCUT2D eigenvalue weighted by Crippen LogP contribution is -2.48. The van der Waals surface area contributed by atoms with Crippen molar-refractivity contribution < 1.29 is 9.18 Å². The minimum Gasteiger partial charge on any atom is -0.398 e. The van der Waals surface area contributed by atoms with Gasteiger partial charge < -0.3 is 16.0 Å². The average molecular weight is 356 g/mol. The summed E-state index contributed by atoms with van der Waals surface area (Å²) in [6.07, 6.45) is 0.873. The quantitative estimate of drug-likeness (QED) is 0.809. The Balaban J connectivity index is 1.49. The Morgan fingerprint density at radius 1 is 1.12 bits per heavy atom. The van der Waals surface area contributed by atoms with Gasteiger partial charge in [0.2, 0.25) is 5.91 Å². The molecular weight excluding hydrogens is 331 g/mol. The zero-order chi connectivity index (χ0) is 18.5. The number of piperazine rings is 1. The number of hydrogen-bond acceptors (Lipinski definition) is 4. The molecule has 0 aromatic heterocycles. The fourth-order valence-electron chi connectivity index (χ4n) is 3.21. The molecule has 2 aromatic carbocycles. The first-order valence-electron chi connectivity index (χ1n) is 8.96. The number of amides is 1. The van der Waals surface area contributed by atoms with E-state index < -0.39 is 0 Å². The fraction of sp³-hybridized carbons (Fsp3) is 0.350. The standard InChI is InChI=1S/C20H25FN4O/c1-2-15-3-6-17(13-19(15)22)23-20(26)14-24-9-11-25(12-10-24)18-7-4-16(21)5-8-18/h3-8,13H,2,9-12,14,22H2,1H3,(H,23,26). The number of benzene rings is 2. The molecular formula is C20H25FN4O. The van der Waals surface area contributed by atoms with Crippen LogP contribution < -0.4 is 16.0 Å². The van der Waals surface area contributed by atoms with Gasteiger partial charge >= 0.3 is 0 Å². The summed E-state index contributed by atoms with van der Waals surface area (Å²) in [6, 6.07) is 12.2. The number of rotatable bonds is 5. The highest BCUT2D eigenvalue weighted by Crippen LogP contribution is 2.19. The van der Waals surface area contributed by atoms with Crippen molar-refractivity contribution in [3.05, 3.63) is 53.8 Å². The third-order valence-corrected chi connectivity index (χ3v) is 4.74. The highest BCUT2D eigenvalue weighted by atomic mass is 19.1. The molecule has 0 bridgehead atoms. The molecule has 138 valence electrons. The molecule has 2 aromatic rings. The highest BCUT2D eigenvalue weighted by Gasteiger charge is 2.19. The number of nitrogens with two attached hydrogens (primary N) is 1. The molecule has 1 heterocycles. The largest absolute Gasteiger partial charge is 0.398 e. The normalized spacial score (nSPS) is 15.1. The summed E-state index contributed by atoms with van der Waals surface area (Å²) in [5, 5.41) is 2.91. The van der Waals surface area contributed by atoms with Gasteiger partial charge in [-0.25, -0.2) is 4.39 Å². The molecule has 1 saturated heterocycles. The van der Waals surface area contributed by atoms with Gasteiger partial charge in [-0.05, 0) is 48.4 Å². The van der Waals surface area contributed by atoms with Gasteiger partial charge in [0.1, 0.15) is 5.82 Å². The minimum absolute atomic E-state index is 0.0381. The molecule has 0 aliphatic carbocycles. The van der Waals surface area contributed by atoms with Crippen molar-refractivity contribution in [2.45, 2.75) is 13.3 Å². The van der Waals surface area contributed by atoms with E-state index in [1.807, 2.05) is 18.2 Å². The third-order valence-electron chi connectivity index (χ3n) is 4.74. The van der Waals surface area contributed by atoms with Crippen molar-refractivity contribution in [2.24, 2.45) is 0 Å². The maximum atomic E-state index is 13.0. The van der Waals surface area contributed by atoms with Crippen LogP contribution in [0.2, 0.25) is 0 Å². The highest BCUT2D eigenvalue weighted by molar-refractivity contribution is 5.92. The summed E-state index contributed by atoms with van der Waals surface area (Å²) in [4.78, 5) is 16.6. The molecule has 0 unspecified atom stereocenters. The molecule has 26 heavy (non-hydrogen) atoms. The van der Waals surface area contributed by atoms with Crippen LogP contribution >= 0.6 is 0 Å². The number of nitrogens with zero attached hydrogens (tertiary/aromatic N) is 2. The lowest BCUT2D eigenvalue weighted by atomic mass is 10.1. The van der Waals surface area contributed by atoms with Crippen LogP contribution in [0.1, 0.15) is 12.5 Å². The van der Waals surface area contributed by atoms with Crippen LogP contribution in [0.5, 0.6) is 0 Å². The zero-order valence-corrected chi connectivity index (χ0v) is 15.0. The molecule has 0 radical (unpaired) electrons. The summed E-state index contributed by atoms with van der Waals surface area (Å²) < 4.78 is 13.0. The molecule has 1 aliphatic heterocycles. The molecule has 6 heteroatoms. The number of hydrogen-bond donors (Lipinski definition) is 2. The second-order valence-corrected chi connectivity index (χ2v) is 6.55. The van der Waals surface area contributed by atoms with Crippen LogP contribution in [0.4, 0.5) is 21.5 Å². The first-order valence-corrected chi connectivity index (χ1v) is 8.96. The molecule has 0 saturated carbocycles. The Morgan fingerprint density at radius 3 is 2.42 bits per heavy atom. The van der Waals surface area contributed by atoms with Gasteiger partial charge in [-0.15, -0.1) is 0 Å². The van der Waals surface area contributed by atoms with E-state index in [0.29, 0.717) is 12.2 Å². The van der Waals surface area contributed by atoms with Gasteiger partial charge in [0, 0.05) is 43.2 Å². The van der Waals surface area contributed by atoms with Crippen LogP contribution in [0.25, 0.3) is 0 Å². The van der Waals surface area contributed by atoms with Crippen LogP contribution in [-0.4, -0.2) is 43.5 Å². The molecule has 1 fully saturated rings. The van der Waals surface area contributed by atoms with Gasteiger partial charge in [0.15, 0.2) is 0 Å². The smallest absolute Gasteiger partial charge is 0.238 e. The van der Waals surface area contributed by atoms with Gasteiger partial charge in [0.25, 0.3) is 0 Å². The van der Waals surface area contributed by atoms with Gasteiger partial charge in [0.05, 0.1) is 6.54 Å². The topological polar surface area (TPSA) is 61.6 Å². The number of anilines is 3. The summed E-state index contributed by atoms with van der Waals surface area (Å²) in [5.41, 5.74) is 9.52. The maximum absolute atomic E-state index is 13.0. The van der Waals surface area contributed by atoms with Crippen molar-refractivity contribution in [2.75, 3.05) is 48.7 Å². The van der Waals surface area contributed by atoms with Crippen LogP contribution in [0, 0.1) is 5.82 Å². The summed E-state index contributed by atoms with van der Waals surface area (Å²) in [7, 11) is 0. The number of aryl methyl sites for hydroxylation is 1. The van der Waals surface area contributed by atoms with E-state index in [1.165, 1.54) is 12.1 Å². The van der Waals surface area contributed by atoms with E-state index in [-0.39, 0.29) is 11.7 Å². The Bertz CT molecular complexity index is 755. The lowest BCUT2D eigenvalue weighted by Gasteiger charge is -2.35. The van der Waals surface area contributed by atoms with E-state index in [1.54, 1.807) is 12.1 Å². The Hall–Kier alpha value is -2.60. The number of nitrogen functional groups attached to an aromatic ring is 1. The fourth-order valence-corrected chi connectivity index (χ4v) is 3.21. The second-order valence-electron chi connectivity index (χ2n) is 6.55. The van der Waals surface area contributed by atoms with Gasteiger partial charge in [-0.1, -0.05) is 13.0 Å². The van der Waals surface area contributed by atoms with Crippen molar-refractivity contribution >= 4 is 23.0 Å². The predicted molar refractivity (Wildman–Crippen MR) is 104 cm³/mol. The number of nitrogens with one attached hydrogen (secondary N) is 1. The van der Waals surface area contributed by atoms with E-state index in [0.717, 1.165) is 49.5 Å². The van der Waals surface area contributed by atoms with Gasteiger partial charge in [-0.2, -0.15) is 0 Å². The van der Waals surface area contributed by atoms with E-state index in [2.05, 4.69) is 22.0 Å². The average Bonchev–Trinajstić information content (AvgIpc) is 2.63. The van der Waals surface area contributed by atoms with Crippen molar-refractivity contribution in [1.82, 2.24) is 4.90 Å². The summed E-state index contributed by atoms with van der Waals surface area (Å²) in [5.74, 6) is -0.263. The van der Waals surface area contributed by atoms with E-state index in [9.17, 15) is 9.18 Å². The zero-order valence-electron chi connectivity index (χ0n) is 15.0. The summed E-state index contributed by atoms with van der Waals surface area (Å²) >= 11 is 0. The lowest BCUT2D eigenvalue weighted by molar-refractivity contribution is -0.117.